The van der Waals surface area contributed by atoms with E-state index in [0.717, 1.165) is 36.1 Å². The number of hydrogen-bond acceptors (Lipinski definition) is 20. The van der Waals surface area contributed by atoms with E-state index in [1.807, 2.05) is 60.7 Å². The molecule has 0 bridgehead atoms. The van der Waals surface area contributed by atoms with Gasteiger partial charge in [0.1, 0.15) is 43.4 Å². The molecule has 0 saturated carbocycles. The predicted molar refractivity (Wildman–Crippen MR) is 339 cm³/mol. The molecule has 6 amide bonds. The van der Waals surface area contributed by atoms with E-state index in [9.17, 15) is 83.7 Å². The van der Waals surface area contributed by atoms with Gasteiger partial charge in [-0.2, -0.15) is 0 Å². The van der Waals surface area contributed by atoms with Gasteiger partial charge >= 0.3 is 5.97 Å². The van der Waals surface area contributed by atoms with E-state index in [4.69, 9.17) is 18.9 Å². The van der Waals surface area contributed by atoms with Crippen molar-refractivity contribution in [2.24, 2.45) is 0 Å². The van der Waals surface area contributed by atoms with Crippen LogP contribution in [-0.2, 0) is 63.7 Å². The third kappa shape index (κ3) is 21.2. The lowest BCUT2D eigenvalue weighted by molar-refractivity contribution is -0.308. The van der Waals surface area contributed by atoms with Crippen molar-refractivity contribution in [2.45, 2.75) is 144 Å². The van der Waals surface area contributed by atoms with E-state index in [0.29, 0.717) is 11.3 Å². The summed E-state index contributed by atoms with van der Waals surface area (Å²) in [6.07, 6.45) is -15.0. The van der Waals surface area contributed by atoms with Crippen molar-refractivity contribution in [1.82, 2.24) is 26.6 Å². The molecule has 2 aliphatic rings. The Morgan fingerprint density at radius 3 is 1.52 bits per heavy atom. The SMILES string of the molecule is CC(=O)N[C@H]1[C@H]([C@H](O)[C@H](O)CNC(=O)c2ccc(-c3ccccc3)cc2)O[C@](C=O)(OCC(=O)NCCCC(=O)Cc2ccc(NC(=O)CCCCC(=O)CO[C@]3(C(=O)O)C[C@H](O)[C@@H](NC(C)=O)[C@H]([C@H](O)[C@H](O)CNC(=O)c4ccc(-c5ccccc5)cc4)O3)cc2)C[C@@H]1O. The standard InChI is InChI=1S/C68H80N6O21/c1-40(76)72-58-52(80)33-67(39-75,94-62(58)60(86)54(82)35-70-64(88)47-25-21-45(22-26-47)43-12-5-3-6-13-43)92-38-57(85)69-31-11-17-50(78)32-42-19-29-49(30-20-42)74-56(84)18-10-9-16-51(79)37-93-68(66(90)91)34-53(81)59(73-41(2)77)63(95-68)61(87)55(83)36-71-65(89)48-27-23-46(24-28-48)44-14-7-4-8-15-44/h3-8,12-15,19-30,39,52-55,58-63,80-83,86-87H,9-11,16-18,31-38H2,1-2H3,(H,69,85)(H,70,88)(H,71,89)(H,72,76)(H,73,77)(H,74,84)(H,90,91)/t52-,53-,54+,55+,58+,59+,60+,61+,62+,63+,67+,68+/m0/s1. The number of nitrogens with one attached hydrogen (secondary N) is 6. The van der Waals surface area contributed by atoms with Crippen LogP contribution in [0.4, 0.5) is 5.69 Å². The highest BCUT2D eigenvalue weighted by molar-refractivity contribution is 5.95. The number of Topliss-reactive ketones (excluding diaryl/α,β-unsaturated/α-hetero) is 2. The molecule has 0 spiro atoms. The fraction of sp³-hybridized carbons (Fsp3) is 0.412. The number of aldehydes is 1. The van der Waals surface area contributed by atoms with E-state index in [1.54, 1.807) is 72.8 Å². The number of unbranched alkanes of at least 4 members (excludes halogenated alkanes) is 1. The minimum Gasteiger partial charge on any atom is -0.477 e. The number of carbonyl (C=O) groups excluding carboxylic acids is 9. The summed E-state index contributed by atoms with van der Waals surface area (Å²) in [5, 5.41) is 92.3. The molecule has 2 heterocycles. The Balaban J connectivity index is 0.785. The summed E-state index contributed by atoms with van der Waals surface area (Å²) in [6, 6.07) is 35.8. The van der Waals surface area contributed by atoms with Crippen molar-refractivity contribution in [3.05, 3.63) is 150 Å². The van der Waals surface area contributed by atoms with Crippen molar-refractivity contribution >= 4 is 65.0 Å². The molecule has 95 heavy (non-hydrogen) atoms. The maximum Gasteiger partial charge on any atom is 0.364 e. The van der Waals surface area contributed by atoms with E-state index >= 15 is 0 Å². The first-order chi connectivity index (χ1) is 45.4. The molecule has 2 saturated heterocycles. The van der Waals surface area contributed by atoms with Crippen molar-refractivity contribution in [1.29, 1.82) is 0 Å². The zero-order valence-electron chi connectivity index (χ0n) is 52.3. The lowest BCUT2D eigenvalue weighted by Crippen LogP contribution is -2.68. The molecule has 27 nitrogen and oxygen atoms in total. The number of rotatable bonds is 34. The van der Waals surface area contributed by atoms with Gasteiger partial charge in [0.25, 0.3) is 17.6 Å². The van der Waals surface area contributed by atoms with E-state index < -0.39 is 159 Å². The van der Waals surface area contributed by atoms with Crippen LogP contribution in [0.1, 0.15) is 91.5 Å². The van der Waals surface area contributed by atoms with E-state index in [-0.39, 0.29) is 74.7 Å². The molecule has 508 valence electrons. The quantitative estimate of drug-likeness (QED) is 0.0205. The summed E-state index contributed by atoms with van der Waals surface area (Å²) < 4.78 is 22.7. The molecule has 7 rings (SSSR count). The van der Waals surface area contributed by atoms with Crippen LogP contribution in [0, 0.1) is 0 Å². The average Bonchev–Trinajstić information content (AvgIpc) is 0.799. The summed E-state index contributed by atoms with van der Waals surface area (Å²) >= 11 is 0. The Bertz CT molecular complexity index is 3440. The summed E-state index contributed by atoms with van der Waals surface area (Å²) in [5.74, 6) is -11.2. The lowest BCUT2D eigenvalue weighted by atomic mass is 9.88. The second-order valence-electron chi connectivity index (χ2n) is 23.3. The minimum absolute atomic E-state index is 0.0135. The number of anilines is 1. The first kappa shape index (κ1) is 73.4. The number of ketones is 2. The van der Waals surface area contributed by atoms with Gasteiger partial charge < -0.3 is 86.6 Å². The summed E-state index contributed by atoms with van der Waals surface area (Å²) in [7, 11) is 0. The molecule has 5 aromatic rings. The van der Waals surface area contributed by atoms with E-state index in [2.05, 4.69) is 31.9 Å². The number of amides is 6. The van der Waals surface area contributed by atoms with Crippen LogP contribution in [0.15, 0.2) is 133 Å². The minimum atomic E-state index is -2.73. The second kappa shape index (κ2) is 34.9. The molecule has 5 aromatic carbocycles. The number of carboxylic acids is 1. The summed E-state index contributed by atoms with van der Waals surface area (Å²) in [5.41, 5.74) is 5.12. The molecule has 0 aliphatic carbocycles. The predicted octanol–water partition coefficient (Wildman–Crippen LogP) is 1.42. The average molecular weight is 1320 g/mol. The third-order valence-electron chi connectivity index (χ3n) is 15.9. The van der Waals surface area contributed by atoms with Crippen molar-refractivity contribution < 1.29 is 103 Å². The van der Waals surface area contributed by atoms with Gasteiger partial charge in [0.2, 0.25) is 29.4 Å². The zero-order chi connectivity index (χ0) is 68.8. The first-order valence-electron chi connectivity index (χ1n) is 30.9. The smallest absolute Gasteiger partial charge is 0.364 e. The molecule has 2 fully saturated rings. The van der Waals surface area contributed by atoms with Crippen molar-refractivity contribution in [3.63, 3.8) is 0 Å². The van der Waals surface area contributed by atoms with Crippen LogP contribution in [0.2, 0.25) is 0 Å². The van der Waals surface area contributed by atoms with Crippen molar-refractivity contribution in [2.75, 3.05) is 38.2 Å². The number of hydrogen-bond donors (Lipinski definition) is 13. The van der Waals surface area contributed by atoms with Gasteiger partial charge in [-0.25, -0.2) is 4.79 Å². The fourth-order valence-electron chi connectivity index (χ4n) is 10.9. The van der Waals surface area contributed by atoms with Crippen LogP contribution in [0.25, 0.3) is 22.3 Å². The van der Waals surface area contributed by atoms with Crippen LogP contribution < -0.4 is 31.9 Å². The van der Waals surface area contributed by atoms with Gasteiger partial charge in [0.15, 0.2) is 12.1 Å². The van der Waals surface area contributed by atoms with Gasteiger partial charge in [-0.05, 0) is 83.5 Å². The highest BCUT2D eigenvalue weighted by Gasteiger charge is 2.56. The number of carboxylic acid groups (broad SMARTS) is 1. The molecule has 13 N–H and O–H groups in total. The fourth-order valence-corrected chi connectivity index (χ4v) is 10.9. The second-order valence-corrected chi connectivity index (χ2v) is 23.3. The van der Waals surface area contributed by atoms with Crippen LogP contribution in [0.3, 0.4) is 0 Å². The van der Waals surface area contributed by atoms with Crippen molar-refractivity contribution in [3.8, 4) is 22.3 Å². The number of aliphatic hydroxyl groups excluding tert-OH is 6. The largest absolute Gasteiger partial charge is 0.477 e. The summed E-state index contributed by atoms with van der Waals surface area (Å²) in [6.45, 7) is -0.422. The number of aliphatic hydroxyl groups is 6. The summed E-state index contributed by atoms with van der Waals surface area (Å²) in [4.78, 5) is 127. The maximum atomic E-state index is 13.0. The van der Waals surface area contributed by atoms with E-state index in [1.165, 1.54) is 0 Å². The Labute approximate surface area is 546 Å². The molecule has 27 heteroatoms. The Morgan fingerprint density at radius 2 is 1.02 bits per heavy atom. The zero-order valence-corrected chi connectivity index (χ0v) is 52.3. The molecular weight excluding hydrogens is 1240 g/mol. The molecule has 12 atom stereocenters. The number of carbonyl (C=O) groups is 10. The van der Waals surface area contributed by atoms with Crippen LogP contribution >= 0.6 is 0 Å². The molecule has 0 radical (unpaired) electrons. The maximum absolute atomic E-state index is 13.0. The molecule has 0 unspecified atom stereocenters. The Morgan fingerprint density at radius 1 is 0.547 bits per heavy atom. The number of aliphatic carboxylic acids is 1. The molecule has 2 aliphatic heterocycles. The van der Waals surface area contributed by atoms with Crippen LogP contribution in [0.5, 0.6) is 0 Å². The van der Waals surface area contributed by atoms with Gasteiger partial charge in [-0.3, -0.25) is 43.2 Å². The van der Waals surface area contributed by atoms with Crippen LogP contribution in [-0.4, -0.2) is 200 Å². The third-order valence-corrected chi connectivity index (χ3v) is 15.9. The highest BCUT2D eigenvalue weighted by Crippen LogP contribution is 2.35. The number of ether oxygens (including phenoxy) is 4. The Kier molecular flexibility index (Phi) is 27.0. The Hall–Kier alpha value is -9.00. The number of benzene rings is 5. The van der Waals surface area contributed by atoms with Gasteiger partial charge in [-0.1, -0.05) is 97.1 Å². The van der Waals surface area contributed by atoms with Gasteiger partial charge in [-0.15, -0.1) is 0 Å². The topological polar surface area (TPSA) is 421 Å². The van der Waals surface area contributed by atoms with Gasteiger partial charge in [0, 0.05) is 88.8 Å². The molecular formula is C68H80N6O21. The van der Waals surface area contributed by atoms with Gasteiger partial charge in [0.05, 0.1) is 36.5 Å². The monoisotopic (exact) mass is 1320 g/mol. The first-order valence-corrected chi connectivity index (χ1v) is 30.9. The normalized spacial score (nSPS) is 22.1. The molecule has 0 aromatic heterocycles. The highest BCUT2D eigenvalue weighted by atomic mass is 16.7. The lowest BCUT2D eigenvalue weighted by Gasteiger charge is -2.46.